The molecule has 1 atom stereocenters. The molecule has 0 fully saturated rings. The minimum atomic E-state index is -0.214. The van der Waals surface area contributed by atoms with Gasteiger partial charge >= 0.3 is 0 Å². The van der Waals surface area contributed by atoms with Gasteiger partial charge in [0.2, 0.25) is 0 Å². The van der Waals surface area contributed by atoms with Gasteiger partial charge in [0.25, 0.3) is 0 Å². The van der Waals surface area contributed by atoms with E-state index in [4.69, 9.17) is 11.6 Å². The summed E-state index contributed by atoms with van der Waals surface area (Å²) in [5, 5.41) is 6.72. The van der Waals surface area contributed by atoms with Crippen LogP contribution in [0.4, 0.5) is 4.39 Å². The van der Waals surface area contributed by atoms with Crippen LogP contribution in [-0.2, 0) is 6.42 Å². The van der Waals surface area contributed by atoms with Crippen molar-refractivity contribution in [3.63, 3.8) is 0 Å². The molecule has 146 valence electrons. The fourth-order valence-corrected chi connectivity index (χ4v) is 3.91. The molecule has 1 N–H and O–H groups in total. The number of hydrogen-bond acceptors (Lipinski definition) is 1. The summed E-state index contributed by atoms with van der Waals surface area (Å²) < 4.78 is 13.4. The van der Waals surface area contributed by atoms with Crippen molar-refractivity contribution in [3.05, 3.63) is 107 Å². The quantitative estimate of drug-likeness (QED) is 0.359. The molecule has 0 saturated heterocycles. The average Bonchev–Trinajstić information content (AvgIpc) is 2.74. The summed E-state index contributed by atoms with van der Waals surface area (Å²) in [7, 11) is 0. The van der Waals surface area contributed by atoms with Gasteiger partial charge in [-0.05, 0) is 77.2 Å². The van der Waals surface area contributed by atoms with Gasteiger partial charge in [0.15, 0.2) is 0 Å². The van der Waals surface area contributed by atoms with Gasteiger partial charge in [0.1, 0.15) is 5.82 Å². The first-order valence-electron chi connectivity index (χ1n) is 9.86. The zero-order valence-corrected chi connectivity index (χ0v) is 17.1. The first-order chi connectivity index (χ1) is 14.1. The summed E-state index contributed by atoms with van der Waals surface area (Å²) in [6.07, 6.45) is 0.907. The van der Waals surface area contributed by atoms with E-state index in [1.807, 2.05) is 36.4 Å². The third-order valence-corrected chi connectivity index (χ3v) is 5.52. The lowest BCUT2D eigenvalue weighted by atomic mass is 9.94. The second kappa shape index (κ2) is 8.77. The Kier molecular flexibility index (Phi) is 5.94. The zero-order valence-electron chi connectivity index (χ0n) is 16.3. The maximum atomic E-state index is 13.4. The monoisotopic (exact) mass is 403 g/mol. The molecular formula is C26H23ClFN. The number of hydrogen-bond donors (Lipinski definition) is 1. The summed E-state index contributed by atoms with van der Waals surface area (Å²) in [5.74, 6) is -0.214. The second-order valence-corrected chi connectivity index (χ2v) is 7.79. The number of halogens is 2. The van der Waals surface area contributed by atoms with E-state index in [-0.39, 0.29) is 11.9 Å². The Balaban J connectivity index is 1.55. The summed E-state index contributed by atoms with van der Waals surface area (Å²) in [4.78, 5) is 0. The van der Waals surface area contributed by atoms with Gasteiger partial charge in [0.05, 0.1) is 0 Å². The van der Waals surface area contributed by atoms with Crippen LogP contribution in [0.1, 0.15) is 24.1 Å². The molecule has 4 aromatic carbocycles. The molecule has 0 aliphatic rings. The summed E-state index contributed by atoms with van der Waals surface area (Å²) in [5.41, 5.74) is 4.61. The van der Waals surface area contributed by atoms with E-state index in [2.05, 4.69) is 48.6 Å². The topological polar surface area (TPSA) is 12.0 Å². The Morgan fingerprint density at radius 2 is 1.69 bits per heavy atom. The van der Waals surface area contributed by atoms with Gasteiger partial charge in [0, 0.05) is 11.1 Å². The standard InChI is InChI=1S/C26H23ClFN/c1-18(21-6-4-7-23(27)17-21)29-14-13-19-15-22-5-2-3-8-25(22)26(16-19)20-9-11-24(28)12-10-20/h2-12,15-18,29H,13-14H2,1H3. The lowest BCUT2D eigenvalue weighted by Gasteiger charge is -2.16. The number of nitrogens with one attached hydrogen (secondary N) is 1. The van der Waals surface area contributed by atoms with Crippen molar-refractivity contribution >= 4 is 22.4 Å². The predicted octanol–water partition coefficient (Wildman–Crippen LogP) is 7.19. The van der Waals surface area contributed by atoms with Gasteiger partial charge in [-0.1, -0.05) is 72.3 Å². The number of rotatable bonds is 6. The van der Waals surface area contributed by atoms with Crippen molar-refractivity contribution < 1.29 is 4.39 Å². The Labute approximate surface area is 176 Å². The second-order valence-electron chi connectivity index (χ2n) is 7.35. The van der Waals surface area contributed by atoms with Crippen LogP contribution in [0, 0.1) is 5.82 Å². The highest BCUT2D eigenvalue weighted by atomic mass is 35.5. The number of fused-ring (bicyclic) bond motifs is 1. The van der Waals surface area contributed by atoms with E-state index in [0.29, 0.717) is 0 Å². The van der Waals surface area contributed by atoms with E-state index in [1.54, 1.807) is 0 Å². The molecule has 0 spiro atoms. The minimum Gasteiger partial charge on any atom is -0.310 e. The SMILES string of the molecule is CC(NCCc1cc(-c2ccc(F)cc2)c2ccccc2c1)c1cccc(Cl)c1. The van der Waals surface area contributed by atoms with Crippen LogP contribution >= 0.6 is 11.6 Å². The molecule has 3 heteroatoms. The van der Waals surface area contributed by atoms with Crippen molar-refractivity contribution in [2.45, 2.75) is 19.4 Å². The van der Waals surface area contributed by atoms with E-state index in [0.717, 1.165) is 29.1 Å². The first kappa shape index (κ1) is 19.6. The summed E-state index contributed by atoms with van der Waals surface area (Å²) in [6.45, 7) is 3.00. The third-order valence-electron chi connectivity index (χ3n) is 5.29. The molecule has 0 aliphatic carbocycles. The van der Waals surface area contributed by atoms with Crippen molar-refractivity contribution in [2.24, 2.45) is 0 Å². The van der Waals surface area contributed by atoms with Crippen LogP contribution in [0.2, 0.25) is 5.02 Å². The van der Waals surface area contributed by atoms with Gasteiger partial charge in [-0.25, -0.2) is 4.39 Å². The normalized spacial score (nSPS) is 12.2. The average molecular weight is 404 g/mol. The fraction of sp³-hybridized carbons (Fsp3) is 0.154. The smallest absolute Gasteiger partial charge is 0.123 e. The van der Waals surface area contributed by atoms with Crippen LogP contribution in [0.5, 0.6) is 0 Å². The largest absolute Gasteiger partial charge is 0.310 e. The predicted molar refractivity (Wildman–Crippen MR) is 121 cm³/mol. The molecule has 0 amide bonds. The summed E-state index contributed by atoms with van der Waals surface area (Å²) in [6, 6.07) is 27.7. The van der Waals surface area contributed by atoms with Gasteiger partial charge < -0.3 is 5.32 Å². The van der Waals surface area contributed by atoms with Crippen molar-refractivity contribution in [3.8, 4) is 11.1 Å². The van der Waals surface area contributed by atoms with E-state index in [1.165, 1.54) is 34.0 Å². The molecular weight excluding hydrogens is 381 g/mol. The molecule has 0 radical (unpaired) electrons. The van der Waals surface area contributed by atoms with Crippen LogP contribution in [0.3, 0.4) is 0 Å². The molecule has 29 heavy (non-hydrogen) atoms. The highest BCUT2D eigenvalue weighted by Crippen LogP contribution is 2.30. The zero-order chi connectivity index (χ0) is 20.2. The number of benzene rings is 4. The van der Waals surface area contributed by atoms with Crippen LogP contribution in [0.15, 0.2) is 84.9 Å². The van der Waals surface area contributed by atoms with E-state index in [9.17, 15) is 4.39 Å². The van der Waals surface area contributed by atoms with E-state index >= 15 is 0 Å². The summed E-state index contributed by atoms with van der Waals surface area (Å²) >= 11 is 6.11. The van der Waals surface area contributed by atoms with Gasteiger partial charge in [-0.15, -0.1) is 0 Å². The molecule has 0 aliphatic heterocycles. The third kappa shape index (κ3) is 4.67. The fourth-order valence-electron chi connectivity index (χ4n) is 3.71. The van der Waals surface area contributed by atoms with Gasteiger partial charge in [-0.2, -0.15) is 0 Å². The Bertz CT molecular complexity index is 1120. The maximum absolute atomic E-state index is 13.4. The highest BCUT2D eigenvalue weighted by Gasteiger charge is 2.09. The molecule has 1 nitrogen and oxygen atoms in total. The molecule has 0 saturated carbocycles. The Morgan fingerprint density at radius 1 is 0.897 bits per heavy atom. The molecule has 0 bridgehead atoms. The first-order valence-corrected chi connectivity index (χ1v) is 10.2. The Morgan fingerprint density at radius 3 is 2.48 bits per heavy atom. The highest BCUT2D eigenvalue weighted by molar-refractivity contribution is 6.30. The maximum Gasteiger partial charge on any atom is 0.123 e. The molecule has 4 aromatic rings. The Hall–Kier alpha value is -2.68. The van der Waals surface area contributed by atoms with Crippen LogP contribution in [-0.4, -0.2) is 6.54 Å². The van der Waals surface area contributed by atoms with E-state index < -0.39 is 0 Å². The molecule has 0 aromatic heterocycles. The van der Waals surface area contributed by atoms with Gasteiger partial charge in [-0.3, -0.25) is 0 Å². The molecule has 0 heterocycles. The molecule has 4 rings (SSSR count). The van der Waals surface area contributed by atoms with Crippen molar-refractivity contribution in [2.75, 3.05) is 6.54 Å². The molecule has 1 unspecified atom stereocenters. The van der Waals surface area contributed by atoms with Crippen LogP contribution in [0.25, 0.3) is 21.9 Å². The van der Waals surface area contributed by atoms with Crippen molar-refractivity contribution in [1.82, 2.24) is 5.32 Å². The minimum absolute atomic E-state index is 0.214. The van der Waals surface area contributed by atoms with Crippen LogP contribution < -0.4 is 5.32 Å². The van der Waals surface area contributed by atoms with Crippen molar-refractivity contribution in [1.29, 1.82) is 0 Å². The lowest BCUT2D eigenvalue weighted by molar-refractivity contribution is 0.577. The lowest BCUT2D eigenvalue weighted by Crippen LogP contribution is -2.21.